The third-order valence-electron chi connectivity index (χ3n) is 6.78. The van der Waals surface area contributed by atoms with Crippen LogP contribution >= 0.6 is 11.6 Å². The lowest BCUT2D eigenvalue weighted by atomic mass is 9.98. The Kier molecular flexibility index (Phi) is 6.69. The van der Waals surface area contributed by atoms with Crippen LogP contribution in [0.2, 0.25) is 5.02 Å². The van der Waals surface area contributed by atoms with E-state index in [0.717, 1.165) is 44.8 Å². The highest BCUT2D eigenvalue weighted by Gasteiger charge is 2.43. The number of amides is 1. The number of halogens is 1. The number of carbonyl (C=O) groups excluding carboxylic acids is 1. The number of methoxy groups -OCH3 is 2. The van der Waals surface area contributed by atoms with Gasteiger partial charge in [-0.3, -0.25) is 9.59 Å². The quantitative estimate of drug-likeness (QED) is 0.537. The maximum Gasteiger partial charge on any atom is 0.290 e. The van der Waals surface area contributed by atoms with E-state index in [1.807, 2.05) is 12.1 Å². The molecule has 2 aromatic carbocycles. The van der Waals surface area contributed by atoms with Gasteiger partial charge in [0.1, 0.15) is 18.7 Å². The lowest BCUT2D eigenvalue weighted by molar-refractivity contribution is -0.908. The van der Waals surface area contributed by atoms with E-state index in [-0.39, 0.29) is 17.1 Å². The summed E-state index contributed by atoms with van der Waals surface area (Å²) in [5.41, 5.74) is 1.17. The summed E-state index contributed by atoms with van der Waals surface area (Å²) < 4.78 is 22.3. The second-order valence-corrected chi connectivity index (χ2v) is 9.23. The largest absolute Gasteiger partial charge is 0.493 e. The molecule has 3 heterocycles. The Morgan fingerprint density at radius 3 is 2.57 bits per heavy atom. The number of rotatable bonds is 7. The molecule has 8 nitrogen and oxygen atoms in total. The molecule has 1 fully saturated rings. The lowest BCUT2D eigenvalue weighted by Gasteiger charge is -2.28. The van der Waals surface area contributed by atoms with Crippen LogP contribution in [-0.4, -0.2) is 64.4 Å². The fourth-order valence-corrected chi connectivity index (χ4v) is 5.17. The minimum atomic E-state index is -0.600. The zero-order valence-corrected chi connectivity index (χ0v) is 20.5. The van der Waals surface area contributed by atoms with Crippen LogP contribution in [0.3, 0.4) is 0 Å². The molecule has 0 bridgehead atoms. The van der Waals surface area contributed by atoms with Crippen LogP contribution in [0, 0.1) is 0 Å². The normalized spacial score (nSPS) is 18.2. The minimum Gasteiger partial charge on any atom is -0.493 e. The first kappa shape index (κ1) is 23.7. The van der Waals surface area contributed by atoms with Gasteiger partial charge in [-0.05, 0) is 35.9 Å². The molecule has 1 atom stereocenters. The van der Waals surface area contributed by atoms with Crippen LogP contribution in [0.5, 0.6) is 11.5 Å². The minimum absolute atomic E-state index is 0.0864. The van der Waals surface area contributed by atoms with E-state index in [9.17, 15) is 9.59 Å². The lowest BCUT2D eigenvalue weighted by Crippen LogP contribution is -3.14. The molecule has 2 aliphatic heterocycles. The van der Waals surface area contributed by atoms with Crippen LogP contribution in [-0.2, 0) is 4.74 Å². The van der Waals surface area contributed by atoms with Gasteiger partial charge in [0.25, 0.3) is 5.91 Å². The molecular formula is C26H28ClN2O6+. The summed E-state index contributed by atoms with van der Waals surface area (Å²) in [5.74, 6) is 0.895. The standard InChI is InChI=1S/C26H27ClN2O6/c1-32-20-6-4-16(14-21(20)33-2)23-22-24(30)18-15-17(27)5-7-19(18)35-25(22)26(31)29(23)9-3-8-28-10-12-34-13-11-28/h4-7,14-15,23H,3,8-13H2,1-2H3/p+1/t23-/m0/s1. The van der Waals surface area contributed by atoms with E-state index in [4.69, 9.17) is 30.2 Å². The number of hydrogen-bond donors (Lipinski definition) is 1. The molecule has 2 aliphatic rings. The average Bonchev–Trinajstić information content (AvgIpc) is 3.16. The third kappa shape index (κ3) is 4.37. The van der Waals surface area contributed by atoms with Gasteiger partial charge in [-0.15, -0.1) is 0 Å². The smallest absolute Gasteiger partial charge is 0.290 e. The van der Waals surface area contributed by atoms with Gasteiger partial charge in [-0.25, -0.2) is 0 Å². The molecule has 0 radical (unpaired) electrons. The van der Waals surface area contributed by atoms with Crippen LogP contribution in [0.15, 0.2) is 45.6 Å². The first-order chi connectivity index (χ1) is 17.0. The number of ether oxygens (including phenoxy) is 3. The molecule has 0 aliphatic carbocycles. The van der Waals surface area contributed by atoms with Gasteiger partial charge in [-0.2, -0.15) is 0 Å². The van der Waals surface area contributed by atoms with Crippen molar-refractivity contribution in [2.45, 2.75) is 12.5 Å². The molecule has 0 unspecified atom stereocenters. The number of morpholine rings is 1. The average molecular weight is 500 g/mol. The van der Waals surface area contributed by atoms with Crippen LogP contribution in [0.1, 0.15) is 34.1 Å². The van der Waals surface area contributed by atoms with Crippen molar-refractivity contribution in [3.63, 3.8) is 0 Å². The molecular weight excluding hydrogens is 472 g/mol. The summed E-state index contributed by atoms with van der Waals surface area (Å²) in [7, 11) is 3.12. The van der Waals surface area contributed by atoms with Gasteiger partial charge in [0.05, 0.1) is 51.0 Å². The monoisotopic (exact) mass is 499 g/mol. The van der Waals surface area contributed by atoms with Crippen molar-refractivity contribution < 1.29 is 28.3 Å². The first-order valence-electron chi connectivity index (χ1n) is 11.7. The molecule has 1 N–H and O–H groups in total. The summed E-state index contributed by atoms with van der Waals surface area (Å²) in [5, 5.41) is 0.788. The van der Waals surface area contributed by atoms with E-state index < -0.39 is 6.04 Å². The molecule has 0 spiro atoms. The highest BCUT2D eigenvalue weighted by Crippen LogP contribution is 2.41. The number of benzene rings is 2. The number of quaternary nitrogens is 1. The maximum absolute atomic E-state index is 13.7. The molecule has 35 heavy (non-hydrogen) atoms. The predicted molar refractivity (Wildman–Crippen MR) is 131 cm³/mol. The second-order valence-electron chi connectivity index (χ2n) is 8.80. The third-order valence-corrected chi connectivity index (χ3v) is 7.02. The fraction of sp³-hybridized carbons (Fsp3) is 0.385. The molecule has 1 saturated heterocycles. The number of hydrogen-bond acceptors (Lipinski definition) is 6. The van der Waals surface area contributed by atoms with Crippen LogP contribution < -0.4 is 19.8 Å². The van der Waals surface area contributed by atoms with Gasteiger partial charge >= 0.3 is 0 Å². The molecule has 5 rings (SSSR count). The van der Waals surface area contributed by atoms with Crippen molar-refractivity contribution in [1.82, 2.24) is 4.90 Å². The zero-order chi connectivity index (χ0) is 24.5. The first-order valence-corrected chi connectivity index (χ1v) is 12.1. The van der Waals surface area contributed by atoms with Gasteiger partial charge in [0, 0.05) is 18.0 Å². The number of nitrogens with zero attached hydrogens (tertiary/aromatic N) is 1. The predicted octanol–water partition coefficient (Wildman–Crippen LogP) is 2.31. The van der Waals surface area contributed by atoms with Crippen molar-refractivity contribution in [3.8, 4) is 11.5 Å². The molecule has 1 aromatic heterocycles. The number of fused-ring (bicyclic) bond motifs is 2. The second kappa shape index (κ2) is 9.89. The van der Waals surface area contributed by atoms with Crippen LogP contribution in [0.25, 0.3) is 11.0 Å². The zero-order valence-electron chi connectivity index (χ0n) is 19.8. The number of carbonyl (C=O) groups is 1. The summed E-state index contributed by atoms with van der Waals surface area (Å²) >= 11 is 6.17. The molecule has 0 saturated carbocycles. The van der Waals surface area contributed by atoms with Gasteiger partial charge in [0.2, 0.25) is 5.76 Å². The fourth-order valence-electron chi connectivity index (χ4n) is 5.00. The van der Waals surface area contributed by atoms with E-state index in [2.05, 4.69) is 0 Å². The van der Waals surface area contributed by atoms with Crippen molar-refractivity contribution in [1.29, 1.82) is 0 Å². The summed E-state index contributed by atoms with van der Waals surface area (Å²) in [6.07, 6.45) is 0.790. The Balaban J connectivity index is 1.57. The van der Waals surface area contributed by atoms with E-state index >= 15 is 0 Å². The molecule has 184 valence electrons. The highest BCUT2D eigenvalue weighted by atomic mass is 35.5. The van der Waals surface area contributed by atoms with Gasteiger partial charge < -0.3 is 28.4 Å². The Hall–Kier alpha value is -3.07. The van der Waals surface area contributed by atoms with E-state index in [1.54, 1.807) is 43.4 Å². The highest BCUT2D eigenvalue weighted by molar-refractivity contribution is 6.31. The van der Waals surface area contributed by atoms with Crippen molar-refractivity contribution in [2.75, 3.05) is 53.6 Å². The van der Waals surface area contributed by atoms with Crippen molar-refractivity contribution in [3.05, 3.63) is 68.5 Å². The molecule has 1 amide bonds. The summed E-state index contributed by atoms with van der Waals surface area (Å²) in [4.78, 5) is 30.5. The Labute approximate surface area is 207 Å². The summed E-state index contributed by atoms with van der Waals surface area (Å²) in [6.45, 7) is 4.83. The summed E-state index contributed by atoms with van der Waals surface area (Å²) in [6, 6.07) is 9.71. The van der Waals surface area contributed by atoms with E-state index in [0.29, 0.717) is 39.6 Å². The SMILES string of the molecule is COc1ccc([C@H]2c3c(oc4ccc(Cl)cc4c3=O)C(=O)N2CCC[NH+]2CCOCC2)cc1OC. The molecule has 3 aromatic rings. The number of nitrogens with one attached hydrogen (secondary N) is 1. The maximum atomic E-state index is 13.7. The Morgan fingerprint density at radius 2 is 1.83 bits per heavy atom. The Bertz CT molecular complexity index is 1320. The Morgan fingerprint density at radius 1 is 1.06 bits per heavy atom. The molecule has 9 heteroatoms. The van der Waals surface area contributed by atoms with E-state index in [1.165, 1.54) is 4.90 Å². The van der Waals surface area contributed by atoms with Crippen molar-refractivity contribution >= 4 is 28.5 Å². The van der Waals surface area contributed by atoms with Crippen molar-refractivity contribution in [2.24, 2.45) is 0 Å². The van der Waals surface area contributed by atoms with Gasteiger partial charge in [0.15, 0.2) is 16.9 Å². The van der Waals surface area contributed by atoms with Gasteiger partial charge in [-0.1, -0.05) is 17.7 Å². The topological polar surface area (TPSA) is 82.7 Å². The van der Waals surface area contributed by atoms with Crippen LogP contribution in [0.4, 0.5) is 0 Å².